The fourth-order valence-electron chi connectivity index (χ4n) is 1.39. The Morgan fingerprint density at radius 1 is 1.39 bits per heavy atom. The second-order valence-corrected chi connectivity index (χ2v) is 6.25. The molecular weight excluding hydrogens is 314 g/mol. The lowest BCUT2D eigenvalue weighted by Crippen LogP contribution is -2.09. The van der Waals surface area contributed by atoms with Gasteiger partial charge in [0, 0.05) is 17.5 Å². The summed E-state index contributed by atoms with van der Waals surface area (Å²) in [6, 6.07) is 7.50. The molecule has 0 saturated heterocycles. The third-order valence-corrected chi connectivity index (χ3v) is 3.86. The molecule has 0 fully saturated rings. The minimum absolute atomic E-state index is 0.0882. The number of aromatic nitrogens is 3. The Morgan fingerprint density at radius 2 is 2.06 bits per heavy atom. The van der Waals surface area contributed by atoms with Crippen molar-refractivity contribution >= 4 is 33.5 Å². The van der Waals surface area contributed by atoms with Crippen LogP contribution in [0.3, 0.4) is 0 Å². The van der Waals surface area contributed by atoms with Crippen molar-refractivity contribution in [3.8, 4) is 0 Å². The van der Waals surface area contributed by atoms with E-state index in [-0.39, 0.29) is 10.6 Å². The van der Waals surface area contributed by atoms with Crippen LogP contribution < -0.4 is 0 Å². The van der Waals surface area contributed by atoms with E-state index in [1.807, 2.05) is 42.8 Å². The molecule has 1 aromatic carbocycles. The van der Waals surface area contributed by atoms with E-state index in [0.29, 0.717) is 5.56 Å². The molecule has 0 bridgehead atoms. The van der Waals surface area contributed by atoms with Crippen LogP contribution in [0, 0.1) is 0 Å². The summed E-state index contributed by atoms with van der Waals surface area (Å²) in [5.74, 6) is 0.0882. The van der Waals surface area contributed by atoms with Gasteiger partial charge >= 0.3 is 0 Å². The van der Waals surface area contributed by atoms with Gasteiger partial charge in [-0.3, -0.25) is 4.79 Å². The Labute approximate surface area is 118 Å². The molecule has 1 heterocycles. The molecule has 94 valence electrons. The van der Waals surface area contributed by atoms with Crippen molar-refractivity contribution in [3.63, 3.8) is 0 Å². The van der Waals surface area contributed by atoms with Gasteiger partial charge in [0.1, 0.15) is 6.33 Å². The lowest BCUT2D eigenvalue weighted by molar-refractivity contribution is 0.0996. The van der Waals surface area contributed by atoms with E-state index in [1.165, 1.54) is 11.8 Å². The van der Waals surface area contributed by atoms with Gasteiger partial charge in [0.2, 0.25) is 0 Å². The first-order valence-corrected chi connectivity index (χ1v) is 7.11. The zero-order valence-corrected chi connectivity index (χ0v) is 12.4. The standard InChI is InChI=1S/C12H12BrN3OS/c1-8(13)11(17)9-3-5-10(6-4-9)18-12-15-14-7-16(12)2/h3-8H,1-2H3. The van der Waals surface area contributed by atoms with Crippen LogP contribution in [0.5, 0.6) is 0 Å². The highest BCUT2D eigenvalue weighted by atomic mass is 79.9. The van der Waals surface area contributed by atoms with E-state index in [9.17, 15) is 4.79 Å². The topological polar surface area (TPSA) is 47.8 Å². The van der Waals surface area contributed by atoms with Crippen LogP contribution in [0.15, 0.2) is 40.6 Å². The zero-order valence-electron chi connectivity index (χ0n) is 10.0. The largest absolute Gasteiger partial charge is 0.311 e. The summed E-state index contributed by atoms with van der Waals surface area (Å²) in [5, 5.41) is 8.64. The monoisotopic (exact) mass is 325 g/mol. The number of halogens is 1. The molecule has 2 rings (SSSR count). The molecule has 1 atom stereocenters. The highest BCUT2D eigenvalue weighted by Crippen LogP contribution is 2.25. The van der Waals surface area contributed by atoms with Crippen molar-refractivity contribution in [2.24, 2.45) is 7.05 Å². The first kappa shape index (κ1) is 13.3. The van der Waals surface area contributed by atoms with Gasteiger partial charge in [-0.25, -0.2) is 0 Å². The molecular formula is C12H12BrN3OS. The molecule has 4 nitrogen and oxygen atoms in total. The molecule has 0 radical (unpaired) electrons. The van der Waals surface area contributed by atoms with Gasteiger partial charge in [0.05, 0.1) is 4.83 Å². The van der Waals surface area contributed by atoms with Crippen molar-refractivity contribution in [2.75, 3.05) is 0 Å². The summed E-state index contributed by atoms with van der Waals surface area (Å²) < 4.78 is 1.85. The number of hydrogen-bond donors (Lipinski definition) is 0. The molecule has 0 amide bonds. The van der Waals surface area contributed by atoms with Gasteiger partial charge in [-0.15, -0.1) is 10.2 Å². The Bertz CT molecular complexity index is 551. The van der Waals surface area contributed by atoms with Crippen molar-refractivity contribution in [1.29, 1.82) is 0 Å². The lowest BCUT2D eigenvalue weighted by atomic mass is 10.1. The molecule has 1 aromatic heterocycles. The van der Waals surface area contributed by atoms with Crippen LogP contribution in [-0.4, -0.2) is 25.4 Å². The van der Waals surface area contributed by atoms with Crippen molar-refractivity contribution in [3.05, 3.63) is 36.2 Å². The summed E-state index contributed by atoms with van der Waals surface area (Å²) in [7, 11) is 1.90. The first-order chi connectivity index (χ1) is 8.58. The molecule has 0 aliphatic rings. The summed E-state index contributed by atoms with van der Waals surface area (Å²) in [6.07, 6.45) is 1.66. The maximum absolute atomic E-state index is 11.7. The average molecular weight is 326 g/mol. The second-order valence-electron chi connectivity index (χ2n) is 3.83. The fourth-order valence-corrected chi connectivity index (χ4v) is 2.41. The highest BCUT2D eigenvalue weighted by Gasteiger charge is 2.11. The van der Waals surface area contributed by atoms with Crippen LogP contribution in [0.25, 0.3) is 0 Å². The van der Waals surface area contributed by atoms with Crippen LogP contribution >= 0.6 is 27.7 Å². The van der Waals surface area contributed by atoms with E-state index in [1.54, 1.807) is 6.33 Å². The molecule has 0 spiro atoms. The second kappa shape index (κ2) is 5.67. The van der Waals surface area contributed by atoms with E-state index < -0.39 is 0 Å². The molecule has 18 heavy (non-hydrogen) atoms. The maximum Gasteiger partial charge on any atom is 0.195 e. The van der Waals surface area contributed by atoms with Gasteiger partial charge < -0.3 is 4.57 Å². The number of ketones is 1. The number of aryl methyl sites for hydroxylation is 1. The molecule has 6 heteroatoms. The molecule has 1 unspecified atom stereocenters. The predicted octanol–water partition coefficient (Wildman–Crippen LogP) is 2.93. The number of benzene rings is 1. The van der Waals surface area contributed by atoms with E-state index in [0.717, 1.165) is 10.1 Å². The number of rotatable bonds is 4. The number of hydrogen-bond acceptors (Lipinski definition) is 4. The number of carbonyl (C=O) groups is 1. The molecule has 0 N–H and O–H groups in total. The Hall–Kier alpha value is -1.14. The Morgan fingerprint density at radius 3 is 2.56 bits per heavy atom. The summed E-state index contributed by atoms with van der Waals surface area (Å²) in [6.45, 7) is 1.82. The Balaban J connectivity index is 2.13. The van der Waals surface area contributed by atoms with Crippen molar-refractivity contribution in [1.82, 2.24) is 14.8 Å². The van der Waals surface area contributed by atoms with E-state index >= 15 is 0 Å². The molecule has 2 aromatic rings. The summed E-state index contributed by atoms with van der Waals surface area (Å²) >= 11 is 4.79. The third-order valence-electron chi connectivity index (χ3n) is 2.38. The van der Waals surface area contributed by atoms with Crippen LogP contribution in [0.4, 0.5) is 0 Å². The van der Waals surface area contributed by atoms with Gasteiger partial charge in [-0.1, -0.05) is 28.1 Å². The maximum atomic E-state index is 11.7. The van der Waals surface area contributed by atoms with E-state index in [2.05, 4.69) is 26.1 Å². The average Bonchev–Trinajstić information content (AvgIpc) is 2.75. The zero-order chi connectivity index (χ0) is 13.1. The third kappa shape index (κ3) is 3.00. The summed E-state index contributed by atoms with van der Waals surface area (Å²) in [4.78, 5) is 12.6. The van der Waals surface area contributed by atoms with Crippen LogP contribution in [0.2, 0.25) is 0 Å². The first-order valence-electron chi connectivity index (χ1n) is 5.38. The van der Waals surface area contributed by atoms with Crippen molar-refractivity contribution in [2.45, 2.75) is 21.8 Å². The number of nitrogens with zero attached hydrogens (tertiary/aromatic N) is 3. The summed E-state index contributed by atoms with van der Waals surface area (Å²) in [5.41, 5.74) is 0.710. The van der Waals surface area contributed by atoms with Gasteiger partial charge in [-0.2, -0.15) is 0 Å². The van der Waals surface area contributed by atoms with Gasteiger partial charge in [0.15, 0.2) is 10.9 Å². The molecule has 0 saturated carbocycles. The smallest absolute Gasteiger partial charge is 0.195 e. The lowest BCUT2D eigenvalue weighted by Gasteiger charge is -2.04. The number of alkyl halides is 1. The highest BCUT2D eigenvalue weighted by molar-refractivity contribution is 9.10. The number of carbonyl (C=O) groups excluding carboxylic acids is 1. The normalized spacial score (nSPS) is 12.4. The molecule has 0 aliphatic carbocycles. The fraction of sp³-hybridized carbons (Fsp3) is 0.250. The molecule has 0 aliphatic heterocycles. The predicted molar refractivity (Wildman–Crippen MR) is 74.3 cm³/mol. The van der Waals surface area contributed by atoms with Crippen LogP contribution in [-0.2, 0) is 7.05 Å². The SMILES string of the molecule is CC(Br)C(=O)c1ccc(Sc2nncn2C)cc1. The quantitative estimate of drug-likeness (QED) is 0.640. The van der Waals surface area contributed by atoms with Crippen molar-refractivity contribution < 1.29 is 4.79 Å². The number of Topliss-reactive ketones (excluding diaryl/α,β-unsaturated/α-hetero) is 1. The minimum atomic E-state index is -0.158. The Kier molecular flexibility index (Phi) is 4.19. The van der Waals surface area contributed by atoms with Crippen LogP contribution in [0.1, 0.15) is 17.3 Å². The minimum Gasteiger partial charge on any atom is -0.311 e. The van der Waals surface area contributed by atoms with E-state index in [4.69, 9.17) is 0 Å². The van der Waals surface area contributed by atoms with Gasteiger partial charge in [0.25, 0.3) is 0 Å². The van der Waals surface area contributed by atoms with Gasteiger partial charge in [-0.05, 0) is 30.8 Å².